The number of amides is 1. The van der Waals surface area contributed by atoms with E-state index in [1.807, 2.05) is 23.3 Å². The summed E-state index contributed by atoms with van der Waals surface area (Å²) < 4.78 is 5.28. The molecule has 0 saturated heterocycles. The van der Waals surface area contributed by atoms with E-state index in [1.165, 1.54) is 17.0 Å². The topological polar surface area (TPSA) is 42.4 Å². The number of carbonyl (C=O) groups is 1. The Bertz CT molecular complexity index is 565. The van der Waals surface area contributed by atoms with E-state index in [4.69, 9.17) is 9.72 Å². The number of fused-ring (bicyclic) bond motifs is 1. The van der Waals surface area contributed by atoms with Crippen LogP contribution in [0.15, 0.2) is 11.8 Å². The first-order valence-corrected chi connectivity index (χ1v) is 8.49. The minimum atomic E-state index is 0.105. The molecule has 2 heterocycles. The van der Waals surface area contributed by atoms with Crippen LogP contribution in [-0.4, -0.2) is 36.0 Å². The second-order valence-electron chi connectivity index (χ2n) is 5.93. The second-order valence-corrected chi connectivity index (χ2v) is 7.22. The van der Waals surface area contributed by atoms with Crippen LogP contribution in [0, 0.1) is 6.92 Å². The Morgan fingerprint density at radius 1 is 1.48 bits per heavy atom. The van der Waals surface area contributed by atoms with E-state index in [0.717, 1.165) is 49.4 Å². The van der Waals surface area contributed by atoms with Gasteiger partial charge in [-0.05, 0) is 39.0 Å². The van der Waals surface area contributed by atoms with E-state index in [0.29, 0.717) is 5.92 Å². The van der Waals surface area contributed by atoms with Crippen LogP contribution < -0.4 is 0 Å². The van der Waals surface area contributed by atoms with Gasteiger partial charge in [-0.25, -0.2) is 4.98 Å². The normalized spacial score (nSPS) is 21.2. The van der Waals surface area contributed by atoms with Gasteiger partial charge in [-0.1, -0.05) is 0 Å². The van der Waals surface area contributed by atoms with E-state index in [-0.39, 0.29) is 5.91 Å². The third kappa shape index (κ3) is 3.12. The SMILES string of the molecule is Cc1nc2c(s1)CCC[C@H]2CN(C)C(=O)C1=COCCC1. The van der Waals surface area contributed by atoms with Crippen LogP contribution in [0.2, 0.25) is 0 Å². The van der Waals surface area contributed by atoms with Gasteiger partial charge in [0.1, 0.15) is 0 Å². The number of rotatable bonds is 3. The zero-order valence-electron chi connectivity index (χ0n) is 12.7. The first kappa shape index (κ1) is 14.6. The largest absolute Gasteiger partial charge is 0.501 e. The monoisotopic (exact) mass is 306 g/mol. The fourth-order valence-electron chi connectivity index (χ4n) is 3.19. The maximum Gasteiger partial charge on any atom is 0.252 e. The Hall–Kier alpha value is -1.36. The molecule has 0 spiro atoms. The summed E-state index contributed by atoms with van der Waals surface area (Å²) in [6, 6.07) is 0. The number of ether oxygens (including phenoxy) is 1. The third-order valence-corrected chi connectivity index (χ3v) is 5.27. The van der Waals surface area contributed by atoms with Crippen molar-refractivity contribution < 1.29 is 9.53 Å². The number of thiazole rings is 1. The second kappa shape index (κ2) is 6.18. The van der Waals surface area contributed by atoms with Crippen LogP contribution in [0.1, 0.15) is 47.2 Å². The van der Waals surface area contributed by atoms with E-state index in [1.54, 1.807) is 6.26 Å². The fraction of sp³-hybridized carbons (Fsp3) is 0.625. The molecule has 0 aromatic carbocycles. The number of aryl methyl sites for hydroxylation is 2. The third-order valence-electron chi connectivity index (χ3n) is 4.23. The lowest BCUT2D eigenvalue weighted by atomic mass is 9.90. The summed E-state index contributed by atoms with van der Waals surface area (Å²) in [5.41, 5.74) is 2.03. The Balaban J connectivity index is 1.69. The maximum absolute atomic E-state index is 12.4. The van der Waals surface area contributed by atoms with Crippen LogP contribution >= 0.6 is 11.3 Å². The first-order valence-electron chi connectivity index (χ1n) is 7.67. The molecule has 0 saturated carbocycles. The molecule has 1 aliphatic carbocycles. The Morgan fingerprint density at radius 2 is 2.33 bits per heavy atom. The average molecular weight is 306 g/mol. The number of nitrogens with zero attached hydrogens (tertiary/aromatic N) is 2. The van der Waals surface area contributed by atoms with Gasteiger partial charge < -0.3 is 9.64 Å². The summed E-state index contributed by atoms with van der Waals surface area (Å²) in [5.74, 6) is 0.492. The van der Waals surface area contributed by atoms with Gasteiger partial charge in [-0.2, -0.15) is 0 Å². The smallest absolute Gasteiger partial charge is 0.252 e. The van der Waals surface area contributed by atoms with Gasteiger partial charge in [-0.3, -0.25) is 4.79 Å². The molecule has 3 rings (SSSR count). The predicted molar refractivity (Wildman–Crippen MR) is 83.4 cm³/mol. The molecular formula is C16H22N2O2S. The minimum absolute atomic E-state index is 0.105. The molecule has 0 bridgehead atoms. The summed E-state index contributed by atoms with van der Waals surface area (Å²) in [7, 11) is 1.89. The predicted octanol–water partition coefficient (Wildman–Crippen LogP) is 3.02. The first-order chi connectivity index (χ1) is 10.1. The molecule has 1 aromatic rings. The van der Waals surface area contributed by atoms with Crippen LogP contribution in [0.4, 0.5) is 0 Å². The molecule has 5 heteroatoms. The van der Waals surface area contributed by atoms with Crippen LogP contribution in [-0.2, 0) is 16.0 Å². The van der Waals surface area contributed by atoms with Crippen molar-refractivity contribution in [2.45, 2.75) is 44.9 Å². The molecule has 0 N–H and O–H groups in total. The number of hydrogen-bond donors (Lipinski definition) is 0. The van der Waals surface area contributed by atoms with Gasteiger partial charge in [0.05, 0.1) is 29.1 Å². The Labute approximate surface area is 129 Å². The van der Waals surface area contributed by atoms with Crippen molar-refractivity contribution in [3.05, 3.63) is 27.4 Å². The van der Waals surface area contributed by atoms with Gasteiger partial charge in [0.2, 0.25) is 0 Å². The highest BCUT2D eigenvalue weighted by atomic mass is 32.1. The molecular weight excluding hydrogens is 284 g/mol. The van der Waals surface area contributed by atoms with Crippen molar-refractivity contribution in [1.29, 1.82) is 0 Å². The summed E-state index contributed by atoms with van der Waals surface area (Å²) in [4.78, 5) is 20.4. The highest BCUT2D eigenvalue weighted by Crippen LogP contribution is 2.35. The number of likely N-dealkylation sites (N-methyl/N-ethyl adjacent to an activating group) is 1. The lowest BCUT2D eigenvalue weighted by Crippen LogP contribution is -2.33. The van der Waals surface area contributed by atoms with Gasteiger partial charge in [0, 0.05) is 24.4 Å². The molecule has 0 radical (unpaired) electrons. The van der Waals surface area contributed by atoms with Crippen molar-refractivity contribution >= 4 is 17.2 Å². The van der Waals surface area contributed by atoms with Crippen molar-refractivity contribution in [3.8, 4) is 0 Å². The molecule has 0 unspecified atom stereocenters. The van der Waals surface area contributed by atoms with Gasteiger partial charge >= 0.3 is 0 Å². The van der Waals surface area contributed by atoms with E-state index >= 15 is 0 Å². The zero-order valence-corrected chi connectivity index (χ0v) is 13.5. The quantitative estimate of drug-likeness (QED) is 0.862. The van der Waals surface area contributed by atoms with Crippen molar-refractivity contribution in [1.82, 2.24) is 9.88 Å². The van der Waals surface area contributed by atoms with E-state index in [2.05, 4.69) is 6.92 Å². The highest BCUT2D eigenvalue weighted by Gasteiger charge is 2.27. The standard InChI is InChI=1S/C16H22N2O2S/c1-11-17-15-12(5-3-7-14(15)21-11)9-18(2)16(19)13-6-4-8-20-10-13/h10,12H,3-9H2,1-2H3/t12-/m0/s1. The molecule has 1 atom stereocenters. The van der Waals surface area contributed by atoms with Crippen LogP contribution in [0.25, 0.3) is 0 Å². The summed E-state index contributed by atoms with van der Waals surface area (Å²) >= 11 is 1.81. The van der Waals surface area contributed by atoms with Crippen LogP contribution in [0.5, 0.6) is 0 Å². The van der Waals surface area contributed by atoms with Crippen molar-refractivity contribution in [2.75, 3.05) is 20.2 Å². The maximum atomic E-state index is 12.4. The van der Waals surface area contributed by atoms with Gasteiger partial charge in [0.25, 0.3) is 5.91 Å². The number of carbonyl (C=O) groups excluding carboxylic acids is 1. The molecule has 114 valence electrons. The fourth-order valence-corrected chi connectivity index (χ4v) is 4.25. The Morgan fingerprint density at radius 3 is 3.10 bits per heavy atom. The molecule has 1 amide bonds. The van der Waals surface area contributed by atoms with Crippen LogP contribution in [0.3, 0.4) is 0 Å². The molecule has 2 aliphatic rings. The Kier molecular flexibility index (Phi) is 4.29. The van der Waals surface area contributed by atoms with Crippen molar-refractivity contribution in [3.63, 3.8) is 0 Å². The molecule has 1 aliphatic heterocycles. The molecule has 4 nitrogen and oxygen atoms in total. The average Bonchev–Trinajstić information content (AvgIpc) is 2.88. The number of hydrogen-bond acceptors (Lipinski definition) is 4. The summed E-state index contributed by atoms with van der Waals surface area (Å²) in [6.07, 6.45) is 6.88. The van der Waals surface area contributed by atoms with E-state index in [9.17, 15) is 4.79 Å². The van der Waals surface area contributed by atoms with Gasteiger partial charge in [-0.15, -0.1) is 11.3 Å². The lowest BCUT2D eigenvalue weighted by molar-refractivity contribution is -0.126. The van der Waals surface area contributed by atoms with E-state index < -0.39 is 0 Å². The van der Waals surface area contributed by atoms with Crippen molar-refractivity contribution in [2.24, 2.45) is 0 Å². The molecule has 1 aromatic heterocycles. The molecule has 21 heavy (non-hydrogen) atoms. The number of aromatic nitrogens is 1. The highest BCUT2D eigenvalue weighted by molar-refractivity contribution is 7.11. The minimum Gasteiger partial charge on any atom is -0.501 e. The summed E-state index contributed by atoms with van der Waals surface area (Å²) in [5, 5.41) is 1.14. The lowest BCUT2D eigenvalue weighted by Gasteiger charge is -2.27. The van der Waals surface area contributed by atoms with Gasteiger partial charge in [0.15, 0.2) is 0 Å². The molecule has 0 fully saturated rings. The summed E-state index contributed by atoms with van der Waals surface area (Å²) in [6.45, 7) is 3.55. The zero-order chi connectivity index (χ0) is 14.8.